The normalized spacial score (nSPS) is 9.75. The molecule has 0 aromatic heterocycles. The molecule has 2 N–H and O–H groups in total. The van der Waals surface area contributed by atoms with Crippen molar-refractivity contribution in [2.75, 3.05) is 0 Å². The van der Waals surface area contributed by atoms with Gasteiger partial charge in [-0.15, -0.1) is 0 Å². The second kappa shape index (κ2) is 12.9. The summed E-state index contributed by atoms with van der Waals surface area (Å²) in [6, 6.07) is 0. The summed E-state index contributed by atoms with van der Waals surface area (Å²) in [4.78, 5) is 9.47. The minimum Gasteiger partial charge on any atom is -0.366 e. The maximum absolute atomic E-state index is 9.47. The summed E-state index contributed by atoms with van der Waals surface area (Å²) < 4.78 is 4.32. The van der Waals surface area contributed by atoms with E-state index in [1.54, 1.807) is 0 Å². The first-order valence-electron chi connectivity index (χ1n) is 3.28. The lowest BCUT2D eigenvalue weighted by Crippen LogP contribution is -2.04. The molecule has 0 saturated heterocycles. The quantitative estimate of drug-likeness (QED) is 0.624. The number of rotatable bonds is 3. The smallest absolute Gasteiger partial charge is 0.240 e. The van der Waals surface area contributed by atoms with Crippen molar-refractivity contribution in [1.29, 1.82) is 0 Å². The molecule has 0 aliphatic heterocycles. The molecule has 0 atom stereocenters. The van der Waals surface area contributed by atoms with E-state index in [0.717, 1.165) is 6.08 Å². The van der Waals surface area contributed by atoms with Gasteiger partial charge in [0, 0.05) is 0 Å². The molecule has 0 bridgehead atoms. The van der Waals surface area contributed by atoms with Gasteiger partial charge in [0.25, 0.3) is 0 Å². The van der Waals surface area contributed by atoms with Crippen LogP contribution in [0.25, 0.3) is 0 Å². The molecule has 0 heterocycles. The van der Waals surface area contributed by atoms with E-state index in [1.807, 2.05) is 13.0 Å². The zero-order chi connectivity index (χ0) is 9.82. The molecule has 0 rings (SSSR count). The summed E-state index contributed by atoms with van der Waals surface area (Å²) in [5.74, 6) is -0.481. The van der Waals surface area contributed by atoms with Crippen molar-refractivity contribution in [2.24, 2.45) is 5.73 Å². The Morgan fingerprint density at radius 3 is 2.25 bits per heavy atom. The van der Waals surface area contributed by atoms with E-state index in [9.17, 15) is 4.79 Å². The van der Waals surface area contributed by atoms with Gasteiger partial charge in [-0.2, -0.15) is 0 Å². The minimum atomic E-state index is -0.481. The second-order valence-corrected chi connectivity index (χ2v) is 3.71. The first kappa shape index (κ1) is 13.9. The van der Waals surface area contributed by atoms with Gasteiger partial charge in [0.1, 0.15) is 0 Å². The number of hydrogen-bond acceptors (Lipinski definition) is 1. The standard InChI is InChI=1S/C6H9I.C3H5NO/c1-3-5-7-6-4-2;1-2-3(4)5/h3-6H,1H2,2H3;2H,1H2,(H2,4,5)/b6-4-;. The molecule has 0 unspecified atom stereocenters. The summed E-state index contributed by atoms with van der Waals surface area (Å²) in [6.45, 7) is 8.69. The zero-order valence-electron chi connectivity index (χ0n) is 7.16. The van der Waals surface area contributed by atoms with Crippen LogP contribution in [0.3, 0.4) is 0 Å². The summed E-state index contributed by atoms with van der Waals surface area (Å²) >= 11 is 0.201. The fraction of sp³-hybridized carbons (Fsp3) is 0.111. The van der Waals surface area contributed by atoms with Crippen LogP contribution in [-0.2, 0) is 4.79 Å². The summed E-state index contributed by atoms with van der Waals surface area (Å²) in [6.07, 6.45) is 4.99. The van der Waals surface area contributed by atoms with Crippen molar-refractivity contribution in [3.63, 3.8) is 0 Å². The van der Waals surface area contributed by atoms with Crippen molar-refractivity contribution in [3.8, 4) is 0 Å². The molecule has 12 heavy (non-hydrogen) atoms. The largest absolute Gasteiger partial charge is 0.366 e. The van der Waals surface area contributed by atoms with Gasteiger partial charge in [-0.05, 0) is 21.1 Å². The lowest BCUT2D eigenvalue weighted by molar-refractivity contribution is -0.113. The van der Waals surface area contributed by atoms with Crippen LogP contribution in [0.15, 0.2) is 35.5 Å². The number of amides is 1. The monoisotopic (exact) mass is 279 g/mol. The van der Waals surface area contributed by atoms with Gasteiger partial charge >= 0.3 is 0 Å². The van der Waals surface area contributed by atoms with Crippen LogP contribution >= 0.6 is 20.7 Å². The van der Waals surface area contributed by atoms with Gasteiger partial charge in [0.15, 0.2) is 0 Å². The Kier molecular flexibility index (Phi) is 14.9. The maximum Gasteiger partial charge on any atom is 0.240 e. The lowest BCUT2D eigenvalue weighted by Gasteiger charge is -1.65. The average Bonchev–Trinajstić information content (AvgIpc) is 2.07. The van der Waals surface area contributed by atoms with Crippen LogP contribution in [0, 0.1) is 0 Å². The van der Waals surface area contributed by atoms with Crippen molar-refractivity contribution in [3.05, 3.63) is 35.5 Å². The van der Waals surface area contributed by atoms with E-state index in [4.69, 9.17) is 0 Å². The number of hydrogen-bond donors (Lipinski definition) is 1. The Bertz CT molecular complexity index is 195. The van der Waals surface area contributed by atoms with E-state index in [2.05, 4.69) is 33.1 Å². The van der Waals surface area contributed by atoms with Crippen LogP contribution < -0.4 is 5.73 Å². The Hall–Kier alpha value is -0.710. The highest BCUT2D eigenvalue weighted by Crippen LogP contribution is 1.94. The van der Waals surface area contributed by atoms with Crippen LogP contribution in [0.5, 0.6) is 0 Å². The van der Waals surface area contributed by atoms with Gasteiger partial charge < -0.3 is 5.73 Å². The molecule has 0 spiro atoms. The van der Waals surface area contributed by atoms with E-state index >= 15 is 0 Å². The van der Waals surface area contributed by atoms with E-state index in [0.29, 0.717) is 0 Å². The molecule has 68 valence electrons. The highest BCUT2D eigenvalue weighted by molar-refractivity contribution is 14.2. The van der Waals surface area contributed by atoms with Gasteiger partial charge in [-0.25, -0.2) is 0 Å². The first-order valence-corrected chi connectivity index (χ1v) is 5.77. The fourth-order valence-corrected chi connectivity index (χ4v) is 1.11. The Morgan fingerprint density at radius 1 is 1.50 bits per heavy atom. The molecule has 2 nitrogen and oxygen atoms in total. The molecule has 0 radical (unpaired) electrons. The van der Waals surface area contributed by atoms with Crippen molar-refractivity contribution in [1.82, 2.24) is 0 Å². The maximum atomic E-state index is 9.47. The molecule has 0 saturated carbocycles. The number of allylic oxidation sites excluding steroid dienone is 2. The van der Waals surface area contributed by atoms with Gasteiger partial charge in [-0.3, -0.25) is 4.79 Å². The molecule has 0 aromatic carbocycles. The third-order valence-corrected chi connectivity index (χ3v) is 2.62. The van der Waals surface area contributed by atoms with Gasteiger partial charge in [0.2, 0.25) is 5.91 Å². The summed E-state index contributed by atoms with van der Waals surface area (Å²) in [7, 11) is 0. The van der Waals surface area contributed by atoms with Crippen LogP contribution in [0.2, 0.25) is 0 Å². The van der Waals surface area contributed by atoms with Crippen molar-refractivity contribution < 1.29 is 4.79 Å². The Labute approximate surface area is 83.6 Å². The molecule has 3 heteroatoms. The van der Waals surface area contributed by atoms with Crippen molar-refractivity contribution in [2.45, 2.75) is 6.92 Å². The zero-order valence-corrected chi connectivity index (χ0v) is 9.32. The number of primary amides is 1. The predicted octanol–water partition coefficient (Wildman–Crippen LogP) is 2.14. The number of carbonyl (C=O) groups is 1. The van der Waals surface area contributed by atoms with Crippen molar-refractivity contribution >= 4 is 30.6 Å². The molecular weight excluding hydrogens is 265 g/mol. The van der Waals surface area contributed by atoms with Crippen LogP contribution in [0.1, 0.15) is 6.92 Å². The highest BCUT2D eigenvalue weighted by Gasteiger charge is 1.69. The van der Waals surface area contributed by atoms with Gasteiger partial charge in [0.05, 0.1) is 0 Å². The highest BCUT2D eigenvalue weighted by atomic mass is 127. The Balaban J connectivity index is 0. The topological polar surface area (TPSA) is 43.1 Å². The summed E-state index contributed by atoms with van der Waals surface area (Å²) in [5.41, 5.74) is 4.53. The van der Waals surface area contributed by atoms with Crippen LogP contribution in [0.4, 0.5) is 0 Å². The molecule has 0 aliphatic rings. The number of carbonyl (C=O) groups excluding carboxylic acids is 1. The third kappa shape index (κ3) is 22.8. The molecular formula is C9H14INO. The van der Waals surface area contributed by atoms with Crippen LogP contribution in [-0.4, -0.2) is 9.92 Å². The second-order valence-electron chi connectivity index (χ2n) is 1.55. The fourth-order valence-electron chi connectivity index (χ4n) is 0.166. The predicted molar refractivity (Wildman–Crippen MR) is 64.5 cm³/mol. The Morgan fingerprint density at radius 2 is 2.00 bits per heavy atom. The molecule has 0 fully saturated rings. The lowest BCUT2D eigenvalue weighted by atomic mass is 10.6. The SMILES string of the molecule is C=CC(N)=O.C=CC=I/C=C\C. The minimum absolute atomic E-state index is 0.201. The summed E-state index contributed by atoms with van der Waals surface area (Å²) in [5, 5.41) is 0. The van der Waals surface area contributed by atoms with E-state index < -0.39 is 5.91 Å². The first-order chi connectivity index (χ1) is 5.68. The molecule has 1 amide bonds. The van der Waals surface area contributed by atoms with E-state index in [-0.39, 0.29) is 20.7 Å². The van der Waals surface area contributed by atoms with Gasteiger partial charge in [-0.1, -0.05) is 46.0 Å². The molecule has 0 aromatic rings. The third-order valence-electron chi connectivity index (χ3n) is 0.562. The average molecular weight is 279 g/mol. The molecule has 0 aliphatic carbocycles. The number of halogens is 1. The number of nitrogens with two attached hydrogens (primary N) is 1. The van der Waals surface area contributed by atoms with E-state index in [1.165, 1.54) is 0 Å².